The standard InChI is InChI=1S/C22H20N2O3S/c1-26-15-11-12-16(19(13-15)27-2)23-14-22(25)24-17-7-3-5-9-20(17)28-21-10-6-4-8-18(21)24/h3-13,23H,14H2,1-2H3. The van der Waals surface area contributed by atoms with Gasteiger partial charge >= 0.3 is 0 Å². The van der Waals surface area contributed by atoms with Crippen LogP contribution in [-0.2, 0) is 4.79 Å². The van der Waals surface area contributed by atoms with E-state index < -0.39 is 0 Å². The van der Waals surface area contributed by atoms with Crippen LogP contribution < -0.4 is 19.7 Å². The zero-order valence-corrected chi connectivity index (χ0v) is 16.5. The summed E-state index contributed by atoms with van der Waals surface area (Å²) in [6, 6.07) is 21.4. The van der Waals surface area contributed by atoms with E-state index in [4.69, 9.17) is 9.47 Å². The number of methoxy groups -OCH3 is 2. The molecule has 28 heavy (non-hydrogen) atoms. The lowest BCUT2D eigenvalue weighted by atomic mass is 10.2. The van der Waals surface area contributed by atoms with E-state index in [0.717, 1.165) is 26.9 Å². The number of para-hydroxylation sites is 2. The molecule has 0 fully saturated rings. The van der Waals surface area contributed by atoms with Crippen molar-refractivity contribution in [1.29, 1.82) is 0 Å². The molecule has 1 heterocycles. The Balaban J connectivity index is 1.61. The van der Waals surface area contributed by atoms with Crippen LogP contribution in [0.1, 0.15) is 0 Å². The van der Waals surface area contributed by atoms with E-state index in [9.17, 15) is 4.79 Å². The van der Waals surface area contributed by atoms with Crippen LogP contribution in [0.2, 0.25) is 0 Å². The van der Waals surface area contributed by atoms with Crippen LogP contribution in [0.15, 0.2) is 76.5 Å². The third-order valence-electron chi connectivity index (χ3n) is 4.52. The summed E-state index contributed by atoms with van der Waals surface area (Å²) in [5.41, 5.74) is 2.55. The smallest absolute Gasteiger partial charge is 0.250 e. The van der Waals surface area contributed by atoms with Crippen molar-refractivity contribution in [2.75, 3.05) is 31.0 Å². The molecular formula is C22H20N2O3S. The summed E-state index contributed by atoms with van der Waals surface area (Å²) in [4.78, 5) is 17.1. The molecule has 4 rings (SSSR count). The molecule has 0 aromatic heterocycles. The van der Waals surface area contributed by atoms with Crippen LogP contribution in [0.3, 0.4) is 0 Å². The highest BCUT2D eigenvalue weighted by molar-refractivity contribution is 7.99. The first-order valence-electron chi connectivity index (χ1n) is 8.86. The molecule has 1 amide bonds. The molecule has 142 valence electrons. The van der Waals surface area contributed by atoms with Gasteiger partial charge in [0.15, 0.2) is 0 Å². The Hall–Kier alpha value is -3.12. The number of carbonyl (C=O) groups is 1. The van der Waals surface area contributed by atoms with Gasteiger partial charge in [-0.2, -0.15) is 0 Å². The van der Waals surface area contributed by atoms with Crippen molar-refractivity contribution < 1.29 is 14.3 Å². The molecule has 1 aliphatic heterocycles. The van der Waals surface area contributed by atoms with Gasteiger partial charge in [-0.05, 0) is 36.4 Å². The summed E-state index contributed by atoms with van der Waals surface area (Å²) >= 11 is 1.68. The van der Waals surface area contributed by atoms with Gasteiger partial charge in [0.25, 0.3) is 5.91 Å². The monoisotopic (exact) mass is 392 g/mol. The molecule has 3 aromatic carbocycles. The number of rotatable bonds is 5. The topological polar surface area (TPSA) is 50.8 Å². The average Bonchev–Trinajstić information content (AvgIpc) is 2.75. The second-order valence-electron chi connectivity index (χ2n) is 6.19. The quantitative estimate of drug-likeness (QED) is 0.666. The lowest BCUT2D eigenvalue weighted by Gasteiger charge is -2.31. The molecule has 0 aliphatic carbocycles. The SMILES string of the molecule is COc1ccc(NCC(=O)N2c3ccccc3Sc3ccccc32)c(OC)c1. The van der Waals surface area contributed by atoms with Gasteiger partial charge in [0.2, 0.25) is 0 Å². The van der Waals surface area contributed by atoms with Gasteiger partial charge in [-0.25, -0.2) is 0 Å². The zero-order chi connectivity index (χ0) is 19.5. The second kappa shape index (κ2) is 7.86. The number of amides is 1. The maximum atomic E-state index is 13.2. The fourth-order valence-corrected chi connectivity index (χ4v) is 4.23. The lowest BCUT2D eigenvalue weighted by molar-refractivity contribution is -0.116. The molecule has 0 bridgehead atoms. The van der Waals surface area contributed by atoms with Crippen LogP contribution in [0.4, 0.5) is 17.1 Å². The molecule has 3 aromatic rings. The van der Waals surface area contributed by atoms with E-state index in [2.05, 4.69) is 5.32 Å². The maximum Gasteiger partial charge on any atom is 0.250 e. The van der Waals surface area contributed by atoms with Gasteiger partial charge < -0.3 is 14.8 Å². The van der Waals surface area contributed by atoms with Crippen molar-refractivity contribution in [2.24, 2.45) is 0 Å². The Bertz CT molecular complexity index is 977. The molecule has 1 aliphatic rings. The van der Waals surface area contributed by atoms with E-state index in [1.807, 2.05) is 60.7 Å². The van der Waals surface area contributed by atoms with Crippen molar-refractivity contribution in [3.8, 4) is 11.5 Å². The van der Waals surface area contributed by atoms with Crippen LogP contribution in [0.5, 0.6) is 11.5 Å². The minimum atomic E-state index is -0.0435. The van der Waals surface area contributed by atoms with Crippen molar-refractivity contribution in [3.63, 3.8) is 0 Å². The number of anilines is 3. The highest BCUT2D eigenvalue weighted by Gasteiger charge is 2.27. The number of hydrogen-bond donors (Lipinski definition) is 1. The van der Waals surface area contributed by atoms with Crippen LogP contribution in [0.25, 0.3) is 0 Å². The molecule has 0 saturated carbocycles. The predicted octanol–water partition coefficient (Wildman–Crippen LogP) is 4.95. The van der Waals surface area contributed by atoms with E-state index in [-0.39, 0.29) is 12.5 Å². The molecule has 0 saturated heterocycles. The van der Waals surface area contributed by atoms with Gasteiger partial charge in [0, 0.05) is 15.9 Å². The molecule has 0 radical (unpaired) electrons. The first-order valence-corrected chi connectivity index (χ1v) is 9.67. The molecular weight excluding hydrogens is 372 g/mol. The average molecular weight is 392 g/mol. The second-order valence-corrected chi connectivity index (χ2v) is 7.27. The largest absolute Gasteiger partial charge is 0.497 e. The fourth-order valence-electron chi connectivity index (χ4n) is 3.17. The molecule has 5 nitrogen and oxygen atoms in total. The highest BCUT2D eigenvalue weighted by atomic mass is 32.2. The van der Waals surface area contributed by atoms with Gasteiger partial charge in [-0.3, -0.25) is 9.69 Å². The number of ether oxygens (including phenoxy) is 2. The summed E-state index contributed by atoms with van der Waals surface area (Å²) < 4.78 is 10.6. The van der Waals surface area contributed by atoms with E-state index >= 15 is 0 Å². The zero-order valence-electron chi connectivity index (χ0n) is 15.6. The van der Waals surface area contributed by atoms with Gasteiger partial charge in [-0.1, -0.05) is 36.0 Å². The van der Waals surface area contributed by atoms with Crippen molar-refractivity contribution in [3.05, 3.63) is 66.7 Å². The van der Waals surface area contributed by atoms with Gasteiger partial charge in [0.1, 0.15) is 11.5 Å². The summed E-state index contributed by atoms with van der Waals surface area (Å²) in [6.07, 6.45) is 0. The number of nitrogens with zero attached hydrogens (tertiary/aromatic N) is 1. The van der Waals surface area contributed by atoms with Gasteiger partial charge in [0.05, 0.1) is 37.8 Å². The summed E-state index contributed by atoms with van der Waals surface area (Å²) in [6.45, 7) is 0.135. The minimum Gasteiger partial charge on any atom is -0.497 e. The summed E-state index contributed by atoms with van der Waals surface area (Å²) in [5, 5.41) is 3.20. The Kier molecular flexibility index (Phi) is 5.12. The van der Waals surface area contributed by atoms with Crippen LogP contribution in [0, 0.1) is 0 Å². The number of hydrogen-bond acceptors (Lipinski definition) is 5. The van der Waals surface area contributed by atoms with Crippen molar-refractivity contribution in [2.45, 2.75) is 9.79 Å². The normalized spacial score (nSPS) is 12.0. The molecule has 0 atom stereocenters. The lowest BCUT2D eigenvalue weighted by Crippen LogP contribution is -2.33. The van der Waals surface area contributed by atoms with Crippen LogP contribution >= 0.6 is 11.8 Å². The third-order valence-corrected chi connectivity index (χ3v) is 5.65. The maximum absolute atomic E-state index is 13.2. The van der Waals surface area contributed by atoms with E-state index in [1.165, 1.54) is 0 Å². The Labute approximate surface area is 168 Å². The van der Waals surface area contributed by atoms with Gasteiger partial charge in [-0.15, -0.1) is 0 Å². The number of nitrogens with one attached hydrogen (secondary N) is 1. The Morgan fingerprint density at radius 2 is 1.57 bits per heavy atom. The Morgan fingerprint density at radius 3 is 2.18 bits per heavy atom. The van der Waals surface area contributed by atoms with Crippen molar-refractivity contribution >= 4 is 34.7 Å². The molecule has 0 spiro atoms. The van der Waals surface area contributed by atoms with Crippen molar-refractivity contribution in [1.82, 2.24) is 0 Å². The summed E-state index contributed by atoms with van der Waals surface area (Å²) in [5.74, 6) is 1.28. The number of benzene rings is 3. The summed E-state index contributed by atoms with van der Waals surface area (Å²) in [7, 11) is 3.20. The minimum absolute atomic E-state index is 0.0435. The number of carbonyl (C=O) groups excluding carboxylic acids is 1. The molecule has 0 unspecified atom stereocenters. The molecule has 6 heteroatoms. The third kappa shape index (κ3) is 3.39. The highest BCUT2D eigenvalue weighted by Crippen LogP contribution is 2.47. The first-order chi connectivity index (χ1) is 13.7. The predicted molar refractivity (Wildman–Crippen MR) is 112 cm³/mol. The van der Waals surface area contributed by atoms with Crippen LogP contribution in [-0.4, -0.2) is 26.7 Å². The van der Waals surface area contributed by atoms with E-state index in [0.29, 0.717) is 11.5 Å². The number of fused-ring (bicyclic) bond motifs is 2. The van der Waals surface area contributed by atoms with E-state index in [1.54, 1.807) is 36.9 Å². The fraction of sp³-hybridized carbons (Fsp3) is 0.136. The Morgan fingerprint density at radius 1 is 0.929 bits per heavy atom. The molecule has 1 N–H and O–H groups in total. The first kappa shape index (κ1) is 18.3.